The van der Waals surface area contributed by atoms with Gasteiger partial charge in [-0.05, 0) is 16.7 Å². The number of hydrogen-bond acceptors (Lipinski definition) is 2. The van der Waals surface area contributed by atoms with Gasteiger partial charge in [0.05, 0.1) is 0 Å². The maximum atomic E-state index is 3.62. The van der Waals surface area contributed by atoms with E-state index in [1.54, 1.807) is 0 Å². The normalized spacial score (nSPS) is 12.0. The van der Waals surface area contributed by atoms with Crippen molar-refractivity contribution in [2.45, 2.75) is 17.5 Å². The Morgan fingerprint density at radius 2 is 1.21 bits per heavy atom. The maximum absolute atomic E-state index is 3.62. The molecule has 0 fully saturated rings. The Bertz CT molecular complexity index is 698. The SMILES string of the molecule is c1ccc(CNCC(SCc2ccccc2)c2ccccc2)cc1. The van der Waals surface area contributed by atoms with Gasteiger partial charge in [-0.2, -0.15) is 0 Å². The predicted molar refractivity (Wildman–Crippen MR) is 105 cm³/mol. The van der Waals surface area contributed by atoms with Crippen molar-refractivity contribution in [3.05, 3.63) is 108 Å². The molecule has 0 aromatic heterocycles. The van der Waals surface area contributed by atoms with E-state index in [1.807, 2.05) is 11.8 Å². The van der Waals surface area contributed by atoms with Crippen molar-refractivity contribution in [3.8, 4) is 0 Å². The first-order valence-electron chi connectivity index (χ1n) is 8.37. The minimum atomic E-state index is 0.454. The van der Waals surface area contributed by atoms with Crippen molar-refractivity contribution in [1.82, 2.24) is 5.32 Å². The highest BCUT2D eigenvalue weighted by Crippen LogP contribution is 2.31. The zero-order valence-electron chi connectivity index (χ0n) is 13.8. The highest BCUT2D eigenvalue weighted by molar-refractivity contribution is 7.98. The lowest BCUT2D eigenvalue weighted by Gasteiger charge is -2.18. The number of rotatable bonds is 8. The molecule has 0 aliphatic rings. The summed E-state index contributed by atoms with van der Waals surface area (Å²) in [7, 11) is 0. The van der Waals surface area contributed by atoms with Gasteiger partial charge in [0.15, 0.2) is 0 Å². The van der Waals surface area contributed by atoms with Gasteiger partial charge in [0.1, 0.15) is 0 Å². The number of nitrogens with one attached hydrogen (secondary N) is 1. The van der Waals surface area contributed by atoms with Gasteiger partial charge in [0.2, 0.25) is 0 Å². The molecule has 0 heterocycles. The van der Waals surface area contributed by atoms with Crippen LogP contribution in [0, 0.1) is 0 Å². The molecule has 0 saturated carbocycles. The van der Waals surface area contributed by atoms with E-state index in [4.69, 9.17) is 0 Å². The molecule has 122 valence electrons. The van der Waals surface area contributed by atoms with Crippen LogP contribution in [0.25, 0.3) is 0 Å². The summed E-state index contributed by atoms with van der Waals surface area (Å²) < 4.78 is 0. The molecule has 24 heavy (non-hydrogen) atoms. The fourth-order valence-electron chi connectivity index (χ4n) is 2.66. The van der Waals surface area contributed by atoms with Gasteiger partial charge in [-0.25, -0.2) is 0 Å². The zero-order chi connectivity index (χ0) is 16.5. The van der Waals surface area contributed by atoms with E-state index >= 15 is 0 Å². The highest BCUT2D eigenvalue weighted by atomic mass is 32.2. The summed E-state index contributed by atoms with van der Waals surface area (Å²) in [6.07, 6.45) is 0. The molecule has 0 radical (unpaired) electrons. The van der Waals surface area contributed by atoms with Gasteiger partial charge in [0.25, 0.3) is 0 Å². The van der Waals surface area contributed by atoms with Gasteiger partial charge < -0.3 is 5.32 Å². The molecule has 3 aromatic carbocycles. The zero-order valence-corrected chi connectivity index (χ0v) is 14.6. The van der Waals surface area contributed by atoms with Gasteiger partial charge in [0, 0.05) is 24.1 Å². The lowest BCUT2D eigenvalue weighted by molar-refractivity contribution is 0.679. The van der Waals surface area contributed by atoms with E-state index in [0.29, 0.717) is 5.25 Å². The molecule has 0 saturated heterocycles. The van der Waals surface area contributed by atoms with Gasteiger partial charge in [-0.15, -0.1) is 11.8 Å². The van der Waals surface area contributed by atoms with Crippen LogP contribution in [0.5, 0.6) is 0 Å². The number of thioether (sulfide) groups is 1. The minimum absolute atomic E-state index is 0.454. The topological polar surface area (TPSA) is 12.0 Å². The average Bonchev–Trinajstić information content (AvgIpc) is 2.67. The molecule has 1 N–H and O–H groups in total. The second-order valence-electron chi connectivity index (χ2n) is 5.81. The van der Waals surface area contributed by atoms with Crippen molar-refractivity contribution in [1.29, 1.82) is 0 Å². The molecule has 0 bridgehead atoms. The first-order chi connectivity index (χ1) is 11.9. The summed E-state index contributed by atoms with van der Waals surface area (Å²) in [5.41, 5.74) is 4.10. The van der Waals surface area contributed by atoms with E-state index in [9.17, 15) is 0 Å². The van der Waals surface area contributed by atoms with E-state index in [0.717, 1.165) is 18.8 Å². The van der Waals surface area contributed by atoms with E-state index < -0.39 is 0 Å². The molecular formula is C22H23NS. The third kappa shape index (κ3) is 5.26. The Morgan fingerprint density at radius 1 is 0.667 bits per heavy atom. The summed E-state index contributed by atoms with van der Waals surface area (Å²) in [4.78, 5) is 0. The highest BCUT2D eigenvalue weighted by Gasteiger charge is 2.11. The summed E-state index contributed by atoms with van der Waals surface area (Å²) in [6, 6.07) is 32.1. The van der Waals surface area contributed by atoms with Crippen LogP contribution in [0.4, 0.5) is 0 Å². The van der Waals surface area contributed by atoms with Crippen molar-refractivity contribution >= 4 is 11.8 Å². The lowest BCUT2D eigenvalue weighted by Crippen LogP contribution is -2.19. The second-order valence-corrected chi connectivity index (χ2v) is 7.00. The second kappa shape index (κ2) is 9.31. The molecule has 1 atom stereocenters. The van der Waals surface area contributed by atoms with E-state index in [-0.39, 0.29) is 0 Å². The van der Waals surface area contributed by atoms with Gasteiger partial charge in [-0.1, -0.05) is 91.0 Å². The quantitative estimate of drug-likeness (QED) is 0.588. The Balaban J connectivity index is 1.59. The Labute approximate surface area is 149 Å². The standard InChI is InChI=1S/C22H23NS/c1-4-10-19(11-5-1)16-23-17-22(21-14-8-3-9-15-21)24-18-20-12-6-2-7-13-20/h1-15,22-23H,16-18H2. The largest absolute Gasteiger partial charge is 0.311 e. The van der Waals surface area contributed by atoms with Crippen molar-refractivity contribution in [2.75, 3.05) is 6.54 Å². The molecule has 0 aliphatic carbocycles. The molecule has 0 aliphatic heterocycles. The van der Waals surface area contributed by atoms with Crippen LogP contribution >= 0.6 is 11.8 Å². The van der Waals surface area contributed by atoms with Crippen LogP contribution in [0.3, 0.4) is 0 Å². The smallest absolute Gasteiger partial charge is 0.0425 e. The first kappa shape index (κ1) is 16.8. The fourth-order valence-corrected chi connectivity index (χ4v) is 3.83. The van der Waals surface area contributed by atoms with Crippen LogP contribution in [-0.2, 0) is 12.3 Å². The Kier molecular flexibility index (Phi) is 6.52. The van der Waals surface area contributed by atoms with Crippen LogP contribution in [0.1, 0.15) is 21.9 Å². The fraction of sp³-hybridized carbons (Fsp3) is 0.182. The summed E-state index contributed by atoms with van der Waals surface area (Å²) in [6.45, 7) is 1.88. The van der Waals surface area contributed by atoms with E-state index in [1.165, 1.54) is 16.7 Å². The number of benzene rings is 3. The number of hydrogen-bond donors (Lipinski definition) is 1. The van der Waals surface area contributed by atoms with Crippen molar-refractivity contribution in [3.63, 3.8) is 0 Å². The van der Waals surface area contributed by atoms with Crippen LogP contribution in [0.2, 0.25) is 0 Å². The van der Waals surface area contributed by atoms with Crippen LogP contribution < -0.4 is 5.32 Å². The molecular weight excluding hydrogens is 310 g/mol. The lowest BCUT2D eigenvalue weighted by atomic mass is 10.1. The third-order valence-electron chi connectivity index (χ3n) is 3.97. The summed E-state index contributed by atoms with van der Waals surface area (Å²) in [5, 5.41) is 4.07. The molecule has 3 rings (SSSR count). The van der Waals surface area contributed by atoms with E-state index in [2.05, 4.69) is 96.3 Å². The van der Waals surface area contributed by atoms with Crippen LogP contribution in [-0.4, -0.2) is 6.54 Å². The van der Waals surface area contributed by atoms with Gasteiger partial charge in [-0.3, -0.25) is 0 Å². The molecule has 1 unspecified atom stereocenters. The van der Waals surface area contributed by atoms with Gasteiger partial charge >= 0.3 is 0 Å². The predicted octanol–water partition coefficient (Wildman–Crippen LogP) is 5.45. The molecule has 1 nitrogen and oxygen atoms in total. The third-order valence-corrected chi connectivity index (χ3v) is 5.31. The first-order valence-corrected chi connectivity index (χ1v) is 9.42. The average molecular weight is 334 g/mol. The molecule has 3 aromatic rings. The van der Waals surface area contributed by atoms with Crippen LogP contribution in [0.15, 0.2) is 91.0 Å². The molecule has 0 amide bonds. The van der Waals surface area contributed by atoms with Crippen molar-refractivity contribution in [2.24, 2.45) is 0 Å². The Morgan fingerprint density at radius 3 is 1.83 bits per heavy atom. The monoisotopic (exact) mass is 333 g/mol. The summed E-state index contributed by atoms with van der Waals surface area (Å²) in [5.74, 6) is 1.04. The minimum Gasteiger partial charge on any atom is -0.311 e. The molecule has 2 heteroatoms. The maximum Gasteiger partial charge on any atom is 0.0425 e. The van der Waals surface area contributed by atoms with Crippen molar-refractivity contribution < 1.29 is 0 Å². The molecule has 0 spiro atoms. The Hall–Kier alpha value is -2.03. The summed E-state index contributed by atoms with van der Waals surface area (Å²) >= 11 is 2.00.